The smallest absolute Gasteiger partial charge is 0.0721 e. The molecule has 1 rings (SSSR count). The highest BCUT2D eigenvalue weighted by Gasteiger charge is 2.00. The third-order valence-corrected chi connectivity index (χ3v) is 2.10. The van der Waals surface area contributed by atoms with Gasteiger partial charge in [0.05, 0.1) is 12.7 Å². The minimum atomic E-state index is 0.227. The number of benzene rings is 1. The maximum Gasteiger partial charge on any atom is 0.0721 e. The van der Waals surface area contributed by atoms with Crippen LogP contribution in [0.4, 0.5) is 0 Å². The van der Waals surface area contributed by atoms with Crippen LogP contribution in [0.1, 0.15) is 12.5 Å². The number of hydrogen-bond donors (Lipinski definition) is 1. The minimum Gasteiger partial charge on any atom is -0.373 e. The van der Waals surface area contributed by atoms with Gasteiger partial charge in [-0.1, -0.05) is 36.4 Å². The van der Waals surface area contributed by atoms with Crippen molar-refractivity contribution in [2.75, 3.05) is 13.1 Å². The summed E-state index contributed by atoms with van der Waals surface area (Å²) in [7, 11) is 0. The largest absolute Gasteiger partial charge is 0.373 e. The van der Waals surface area contributed by atoms with E-state index >= 15 is 0 Å². The Kier molecular flexibility index (Phi) is 5.74. The fourth-order valence-electron chi connectivity index (χ4n) is 1.26. The molecule has 0 aliphatic rings. The highest BCUT2D eigenvalue weighted by atomic mass is 16.5. The summed E-state index contributed by atoms with van der Waals surface area (Å²) in [6, 6.07) is 10.2. The molecule has 82 valence electrons. The van der Waals surface area contributed by atoms with E-state index in [0.717, 1.165) is 13.1 Å². The summed E-state index contributed by atoms with van der Waals surface area (Å²) in [6.07, 6.45) is 2.08. The predicted octanol–water partition coefficient (Wildman–Crippen LogP) is 2.37. The van der Waals surface area contributed by atoms with Crippen LogP contribution in [-0.4, -0.2) is 19.2 Å². The van der Waals surface area contributed by atoms with Gasteiger partial charge in [0.2, 0.25) is 0 Å². The fourth-order valence-corrected chi connectivity index (χ4v) is 1.26. The Bertz CT molecular complexity index is 271. The Morgan fingerprint density at radius 2 is 2.13 bits per heavy atom. The van der Waals surface area contributed by atoms with Gasteiger partial charge in [-0.2, -0.15) is 0 Å². The molecule has 2 nitrogen and oxygen atoms in total. The van der Waals surface area contributed by atoms with E-state index in [4.69, 9.17) is 4.74 Å². The molecule has 0 aromatic heterocycles. The zero-order chi connectivity index (χ0) is 10.9. The second-order valence-corrected chi connectivity index (χ2v) is 3.55. The van der Waals surface area contributed by atoms with Crippen molar-refractivity contribution in [1.82, 2.24) is 5.32 Å². The molecule has 0 fully saturated rings. The minimum absolute atomic E-state index is 0.227. The normalized spacial score (nSPS) is 12.3. The van der Waals surface area contributed by atoms with E-state index in [-0.39, 0.29) is 6.10 Å². The zero-order valence-electron chi connectivity index (χ0n) is 9.28. The van der Waals surface area contributed by atoms with Crippen molar-refractivity contribution in [1.29, 1.82) is 0 Å². The number of nitrogens with one attached hydrogen (secondary N) is 1. The Morgan fingerprint density at radius 1 is 1.40 bits per heavy atom. The van der Waals surface area contributed by atoms with Crippen LogP contribution in [0.25, 0.3) is 0 Å². The fraction of sp³-hybridized carbons (Fsp3) is 0.385. The molecule has 1 aromatic carbocycles. The van der Waals surface area contributed by atoms with Crippen LogP contribution in [-0.2, 0) is 11.3 Å². The quantitative estimate of drug-likeness (QED) is 0.545. The van der Waals surface area contributed by atoms with Crippen molar-refractivity contribution in [3.8, 4) is 0 Å². The van der Waals surface area contributed by atoms with Crippen molar-refractivity contribution in [3.63, 3.8) is 0 Å². The van der Waals surface area contributed by atoms with Crippen molar-refractivity contribution in [2.24, 2.45) is 0 Å². The van der Waals surface area contributed by atoms with Crippen LogP contribution in [0.2, 0.25) is 0 Å². The third kappa shape index (κ3) is 5.35. The molecule has 0 spiro atoms. The molecule has 0 aliphatic heterocycles. The molecule has 0 aliphatic carbocycles. The summed E-state index contributed by atoms with van der Waals surface area (Å²) in [6.45, 7) is 8.09. The molecular weight excluding hydrogens is 186 g/mol. The Balaban J connectivity index is 2.16. The van der Waals surface area contributed by atoms with Gasteiger partial charge in [-0.3, -0.25) is 0 Å². The standard InChI is InChI=1S/C13H19NO/c1-3-9-14-10-12(2)15-11-13-7-5-4-6-8-13/h3-8,12,14H,1,9-11H2,2H3. The van der Waals surface area contributed by atoms with E-state index in [1.54, 1.807) is 0 Å². The average molecular weight is 205 g/mol. The van der Waals surface area contributed by atoms with E-state index < -0.39 is 0 Å². The lowest BCUT2D eigenvalue weighted by molar-refractivity contribution is 0.0539. The molecule has 0 bridgehead atoms. The van der Waals surface area contributed by atoms with Gasteiger partial charge in [-0.15, -0.1) is 6.58 Å². The predicted molar refractivity (Wildman–Crippen MR) is 63.8 cm³/mol. The molecule has 0 amide bonds. The molecule has 0 saturated heterocycles. The first-order valence-corrected chi connectivity index (χ1v) is 5.30. The molecule has 0 radical (unpaired) electrons. The highest BCUT2D eigenvalue weighted by Crippen LogP contribution is 2.02. The van der Waals surface area contributed by atoms with Gasteiger partial charge in [0.15, 0.2) is 0 Å². The van der Waals surface area contributed by atoms with Gasteiger partial charge < -0.3 is 10.1 Å². The molecular formula is C13H19NO. The summed E-state index contributed by atoms with van der Waals surface area (Å²) in [5.41, 5.74) is 1.22. The van der Waals surface area contributed by atoms with Gasteiger partial charge in [-0.25, -0.2) is 0 Å². The van der Waals surface area contributed by atoms with E-state index in [1.165, 1.54) is 5.56 Å². The van der Waals surface area contributed by atoms with Gasteiger partial charge in [0, 0.05) is 13.1 Å². The second-order valence-electron chi connectivity index (χ2n) is 3.55. The van der Waals surface area contributed by atoms with Crippen LogP contribution in [0, 0.1) is 0 Å². The maximum atomic E-state index is 5.68. The first-order chi connectivity index (χ1) is 7.33. The monoisotopic (exact) mass is 205 g/mol. The van der Waals surface area contributed by atoms with Crippen molar-refractivity contribution in [2.45, 2.75) is 19.6 Å². The second kappa shape index (κ2) is 7.21. The number of hydrogen-bond acceptors (Lipinski definition) is 2. The molecule has 15 heavy (non-hydrogen) atoms. The lowest BCUT2D eigenvalue weighted by atomic mass is 10.2. The van der Waals surface area contributed by atoms with Gasteiger partial charge in [0.25, 0.3) is 0 Å². The Hall–Kier alpha value is -1.12. The van der Waals surface area contributed by atoms with Crippen LogP contribution in [0.3, 0.4) is 0 Å². The molecule has 0 heterocycles. The molecule has 1 N–H and O–H groups in total. The Morgan fingerprint density at radius 3 is 2.80 bits per heavy atom. The molecule has 0 saturated carbocycles. The summed E-state index contributed by atoms with van der Waals surface area (Å²) >= 11 is 0. The third-order valence-electron chi connectivity index (χ3n) is 2.10. The zero-order valence-corrected chi connectivity index (χ0v) is 9.28. The molecule has 2 heteroatoms. The number of rotatable bonds is 7. The molecule has 1 unspecified atom stereocenters. The summed E-state index contributed by atoms with van der Waals surface area (Å²) in [5.74, 6) is 0. The Labute approximate surface area is 92.0 Å². The number of ether oxygens (including phenoxy) is 1. The van der Waals surface area contributed by atoms with Gasteiger partial charge in [-0.05, 0) is 12.5 Å². The maximum absolute atomic E-state index is 5.68. The van der Waals surface area contributed by atoms with Crippen LogP contribution in [0.15, 0.2) is 43.0 Å². The van der Waals surface area contributed by atoms with Crippen LogP contribution >= 0.6 is 0 Å². The van der Waals surface area contributed by atoms with Crippen molar-refractivity contribution in [3.05, 3.63) is 48.6 Å². The first-order valence-electron chi connectivity index (χ1n) is 5.30. The summed E-state index contributed by atoms with van der Waals surface area (Å²) in [4.78, 5) is 0. The molecule has 1 aromatic rings. The topological polar surface area (TPSA) is 21.3 Å². The first kappa shape index (κ1) is 12.0. The lowest BCUT2D eigenvalue weighted by Gasteiger charge is -2.13. The van der Waals surface area contributed by atoms with Crippen LogP contribution in [0.5, 0.6) is 0 Å². The van der Waals surface area contributed by atoms with E-state index in [1.807, 2.05) is 24.3 Å². The van der Waals surface area contributed by atoms with Crippen molar-refractivity contribution < 1.29 is 4.74 Å². The summed E-state index contributed by atoms with van der Waals surface area (Å²) in [5, 5.41) is 3.23. The average Bonchev–Trinajstić information content (AvgIpc) is 2.28. The lowest BCUT2D eigenvalue weighted by Crippen LogP contribution is -2.26. The van der Waals surface area contributed by atoms with Crippen molar-refractivity contribution >= 4 is 0 Å². The van der Waals surface area contributed by atoms with Gasteiger partial charge >= 0.3 is 0 Å². The SMILES string of the molecule is C=CCNCC(C)OCc1ccccc1. The van der Waals surface area contributed by atoms with Gasteiger partial charge in [0.1, 0.15) is 0 Å². The van der Waals surface area contributed by atoms with Crippen LogP contribution < -0.4 is 5.32 Å². The highest BCUT2D eigenvalue weighted by molar-refractivity contribution is 5.13. The summed E-state index contributed by atoms with van der Waals surface area (Å²) < 4.78 is 5.68. The van der Waals surface area contributed by atoms with E-state index in [2.05, 4.69) is 31.0 Å². The molecule has 1 atom stereocenters. The van der Waals surface area contributed by atoms with E-state index in [9.17, 15) is 0 Å². The van der Waals surface area contributed by atoms with E-state index in [0.29, 0.717) is 6.61 Å².